The van der Waals surface area contributed by atoms with Crippen molar-refractivity contribution >= 4 is 5.91 Å². The van der Waals surface area contributed by atoms with E-state index in [-0.39, 0.29) is 5.41 Å². The van der Waals surface area contributed by atoms with E-state index in [4.69, 9.17) is 10.5 Å². The van der Waals surface area contributed by atoms with E-state index < -0.39 is 0 Å². The van der Waals surface area contributed by atoms with E-state index in [0.29, 0.717) is 25.2 Å². The van der Waals surface area contributed by atoms with Crippen LogP contribution in [0.5, 0.6) is 0 Å². The molecule has 1 saturated heterocycles. The molecule has 0 aromatic carbocycles. The second kappa shape index (κ2) is 6.71. The number of hydrogen-bond acceptors (Lipinski definition) is 3. The molecule has 1 saturated carbocycles. The van der Waals surface area contributed by atoms with Gasteiger partial charge in [-0.2, -0.15) is 0 Å². The maximum absolute atomic E-state index is 12.7. The van der Waals surface area contributed by atoms with Crippen molar-refractivity contribution in [3.63, 3.8) is 0 Å². The highest BCUT2D eigenvalue weighted by molar-refractivity contribution is 5.83. The molecule has 2 fully saturated rings. The molecule has 0 aromatic heterocycles. The minimum atomic E-state index is -0.0368. The molecule has 4 heteroatoms. The van der Waals surface area contributed by atoms with E-state index in [1.54, 1.807) is 0 Å². The van der Waals surface area contributed by atoms with Gasteiger partial charge in [-0.25, -0.2) is 0 Å². The first kappa shape index (κ1) is 14.8. The van der Waals surface area contributed by atoms with Crippen LogP contribution in [0.2, 0.25) is 0 Å². The van der Waals surface area contributed by atoms with Crippen molar-refractivity contribution in [2.75, 3.05) is 26.2 Å². The predicted molar refractivity (Wildman–Crippen MR) is 75.8 cm³/mol. The van der Waals surface area contributed by atoms with Crippen molar-refractivity contribution < 1.29 is 9.53 Å². The summed E-state index contributed by atoms with van der Waals surface area (Å²) in [4.78, 5) is 14.8. The molecule has 19 heavy (non-hydrogen) atoms. The molecule has 110 valence electrons. The topological polar surface area (TPSA) is 55.6 Å². The Kier molecular flexibility index (Phi) is 5.22. The van der Waals surface area contributed by atoms with Gasteiger partial charge in [-0.1, -0.05) is 19.8 Å². The van der Waals surface area contributed by atoms with Crippen LogP contribution in [-0.2, 0) is 9.53 Å². The van der Waals surface area contributed by atoms with Crippen LogP contribution in [0.25, 0.3) is 0 Å². The van der Waals surface area contributed by atoms with Gasteiger partial charge in [0.2, 0.25) is 5.91 Å². The highest BCUT2D eigenvalue weighted by Crippen LogP contribution is 2.42. The molecule has 0 bridgehead atoms. The second-order valence-electron chi connectivity index (χ2n) is 5.99. The van der Waals surface area contributed by atoms with Gasteiger partial charge in [0, 0.05) is 25.0 Å². The Labute approximate surface area is 116 Å². The number of carbonyl (C=O) groups excluding carboxylic acids is 1. The molecule has 4 nitrogen and oxygen atoms in total. The highest BCUT2D eigenvalue weighted by atomic mass is 16.5. The number of carbonyl (C=O) groups is 1. The van der Waals surface area contributed by atoms with E-state index in [0.717, 1.165) is 45.2 Å². The zero-order valence-electron chi connectivity index (χ0n) is 12.2. The Hall–Kier alpha value is -0.610. The Balaban J connectivity index is 1.85. The fourth-order valence-corrected chi connectivity index (χ4v) is 3.57. The molecule has 1 heterocycles. The van der Waals surface area contributed by atoms with E-state index >= 15 is 0 Å². The van der Waals surface area contributed by atoms with Crippen LogP contribution in [0.15, 0.2) is 0 Å². The van der Waals surface area contributed by atoms with Crippen LogP contribution in [0.1, 0.15) is 51.9 Å². The van der Waals surface area contributed by atoms with Gasteiger partial charge < -0.3 is 15.4 Å². The summed E-state index contributed by atoms with van der Waals surface area (Å²) in [5.74, 6) is 0.407. The number of likely N-dealkylation sites (tertiary alicyclic amines) is 1. The number of nitrogens with two attached hydrogens (primary N) is 1. The molecular weight excluding hydrogens is 240 g/mol. The lowest BCUT2D eigenvalue weighted by Crippen LogP contribution is -2.47. The molecule has 2 N–H and O–H groups in total. The third-order valence-electron chi connectivity index (χ3n) is 4.89. The fraction of sp³-hybridized carbons (Fsp3) is 0.933. The van der Waals surface area contributed by atoms with E-state index in [9.17, 15) is 4.79 Å². The predicted octanol–water partition coefficient (Wildman–Crippen LogP) is 1.92. The number of ether oxygens (including phenoxy) is 1. The molecule has 0 atom stereocenters. The number of piperidine rings is 1. The summed E-state index contributed by atoms with van der Waals surface area (Å²) < 4.78 is 5.67. The van der Waals surface area contributed by atoms with Crippen LogP contribution in [0.4, 0.5) is 0 Å². The van der Waals surface area contributed by atoms with Gasteiger partial charge in [0.05, 0.1) is 12.7 Å². The van der Waals surface area contributed by atoms with Gasteiger partial charge in [0.1, 0.15) is 0 Å². The van der Waals surface area contributed by atoms with Crippen LogP contribution in [0, 0.1) is 5.41 Å². The van der Waals surface area contributed by atoms with E-state index in [1.807, 2.05) is 0 Å². The van der Waals surface area contributed by atoms with Gasteiger partial charge in [-0.05, 0) is 32.1 Å². The number of nitrogens with zero attached hydrogens (tertiary/aromatic N) is 1. The summed E-state index contributed by atoms with van der Waals surface area (Å²) in [6.45, 7) is 5.10. The summed E-state index contributed by atoms with van der Waals surface area (Å²) in [7, 11) is 0. The minimum absolute atomic E-state index is 0.0368. The average molecular weight is 268 g/mol. The first-order chi connectivity index (χ1) is 9.22. The first-order valence-corrected chi connectivity index (χ1v) is 7.83. The summed E-state index contributed by atoms with van der Waals surface area (Å²) in [5, 5.41) is 0. The van der Waals surface area contributed by atoms with Crippen molar-refractivity contribution in [2.24, 2.45) is 11.1 Å². The normalized spacial score (nSPS) is 23.8. The lowest BCUT2D eigenvalue weighted by atomic mass is 9.81. The van der Waals surface area contributed by atoms with Gasteiger partial charge in [0.25, 0.3) is 0 Å². The maximum atomic E-state index is 12.7. The third-order valence-corrected chi connectivity index (χ3v) is 4.89. The summed E-state index contributed by atoms with van der Waals surface area (Å²) in [6.07, 6.45) is 7.84. The smallest absolute Gasteiger partial charge is 0.228 e. The zero-order valence-corrected chi connectivity index (χ0v) is 12.2. The van der Waals surface area contributed by atoms with Crippen LogP contribution in [0.3, 0.4) is 0 Å². The van der Waals surface area contributed by atoms with Crippen LogP contribution >= 0.6 is 0 Å². The Morgan fingerprint density at radius 3 is 2.47 bits per heavy atom. The van der Waals surface area contributed by atoms with Gasteiger partial charge in [-0.3, -0.25) is 4.79 Å². The molecule has 0 radical (unpaired) electrons. The van der Waals surface area contributed by atoms with Gasteiger partial charge in [0.15, 0.2) is 0 Å². The maximum Gasteiger partial charge on any atom is 0.228 e. The van der Waals surface area contributed by atoms with Crippen molar-refractivity contribution in [1.29, 1.82) is 0 Å². The first-order valence-electron chi connectivity index (χ1n) is 7.83. The third kappa shape index (κ3) is 3.29. The Bertz CT molecular complexity index is 293. The molecule has 0 spiro atoms. The lowest BCUT2D eigenvalue weighted by Gasteiger charge is -2.38. The quantitative estimate of drug-likeness (QED) is 0.829. The van der Waals surface area contributed by atoms with Crippen molar-refractivity contribution in [3.05, 3.63) is 0 Å². The largest absolute Gasteiger partial charge is 0.377 e. The number of rotatable bonds is 5. The summed E-state index contributed by atoms with van der Waals surface area (Å²) in [6, 6.07) is 0. The molecule has 0 aromatic rings. The summed E-state index contributed by atoms with van der Waals surface area (Å²) in [5.41, 5.74) is 5.41. The molecule has 0 unspecified atom stereocenters. The molecule has 1 aliphatic heterocycles. The second-order valence-corrected chi connectivity index (χ2v) is 5.99. The molecule has 1 amide bonds. The number of hydrogen-bond donors (Lipinski definition) is 1. The highest BCUT2D eigenvalue weighted by Gasteiger charge is 2.42. The van der Waals surface area contributed by atoms with Gasteiger partial charge >= 0.3 is 0 Å². The van der Waals surface area contributed by atoms with Crippen molar-refractivity contribution in [3.8, 4) is 0 Å². The molecule has 2 rings (SSSR count). The number of amides is 1. The van der Waals surface area contributed by atoms with Crippen molar-refractivity contribution in [1.82, 2.24) is 4.90 Å². The van der Waals surface area contributed by atoms with Gasteiger partial charge in [-0.15, -0.1) is 0 Å². The summed E-state index contributed by atoms with van der Waals surface area (Å²) >= 11 is 0. The SMILES string of the molecule is CCC1(C(=O)N2CCC(OCCN)CC2)CCCC1. The van der Waals surface area contributed by atoms with E-state index in [2.05, 4.69) is 11.8 Å². The Morgan fingerprint density at radius 2 is 1.95 bits per heavy atom. The molecule has 2 aliphatic rings. The average Bonchev–Trinajstić information content (AvgIpc) is 2.95. The van der Waals surface area contributed by atoms with E-state index in [1.165, 1.54) is 12.8 Å². The fourth-order valence-electron chi connectivity index (χ4n) is 3.57. The minimum Gasteiger partial charge on any atom is -0.377 e. The molecule has 1 aliphatic carbocycles. The molecular formula is C15H28N2O2. The van der Waals surface area contributed by atoms with Crippen LogP contribution < -0.4 is 5.73 Å². The lowest BCUT2D eigenvalue weighted by molar-refractivity contribution is -0.144. The monoisotopic (exact) mass is 268 g/mol. The Morgan fingerprint density at radius 1 is 1.32 bits per heavy atom. The standard InChI is InChI=1S/C15H28N2O2/c1-2-15(7-3-4-8-15)14(18)17-10-5-13(6-11-17)19-12-9-16/h13H,2-12,16H2,1H3. The van der Waals surface area contributed by atoms with Crippen molar-refractivity contribution in [2.45, 2.75) is 58.0 Å². The zero-order chi connectivity index (χ0) is 13.7. The van der Waals surface area contributed by atoms with Crippen LogP contribution in [-0.4, -0.2) is 43.2 Å².